The van der Waals surface area contributed by atoms with E-state index in [2.05, 4.69) is 10.9 Å². The molecular weight excluding hydrogens is 216 g/mol. The second kappa shape index (κ2) is 5.68. The number of ether oxygens (including phenoxy) is 1. The van der Waals surface area contributed by atoms with Gasteiger partial charge in [0.25, 0.3) is 0 Å². The van der Waals surface area contributed by atoms with Gasteiger partial charge in [-0.05, 0) is 37.5 Å². The first kappa shape index (κ1) is 13.5. The molecule has 0 aliphatic rings. The van der Waals surface area contributed by atoms with Gasteiger partial charge in [-0.1, -0.05) is 12.1 Å². The number of hydrazine groups is 1. The highest BCUT2D eigenvalue weighted by atomic mass is 16.5. The molecule has 0 radical (unpaired) electrons. The Balaban J connectivity index is 3.04. The minimum atomic E-state index is -0.189. The van der Waals surface area contributed by atoms with Crippen molar-refractivity contribution in [3.63, 3.8) is 0 Å². The molecule has 2 N–H and O–H groups in total. The predicted molar refractivity (Wildman–Crippen MR) is 68.1 cm³/mol. The van der Waals surface area contributed by atoms with Gasteiger partial charge in [-0.25, -0.2) is 5.43 Å². The lowest BCUT2D eigenvalue weighted by atomic mass is 9.96. The lowest BCUT2D eigenvalue weighted by molar-refractivity contribution is -0.123. The molecule has 94 valence electrons. The first-order valence-corrected chi connectivity index (χ1v) is 5.63. The summed E-state index contributed by atoms with van der Waals surface area (Å²) >= 11 is 0. The summed E-state index contributed by atoms with van der Waals surface area (Å²) in [5.41, 5.74) is 8.33. The number of nitrogens with one attached hydrogen (secondary N) is 2. The van der Waals surface area contributed by atoms with Gasteiger partial charge in [0, 0.05) is 7.05 Å². The molecule has 0 fully saturated rings. The summed E-state index contributed by atoms with van der Waals surface area (Å²) in [6.45, 7) is 5.85. The van der Waals surface area contributed by atoms with Crippen LogP contribution in [0.25, 0.3) is 0 Å². The van der Waals surface area contributed by atoms with Gasteiger partial charge in [-0.3, -0.25) is 10.2 Å². The first-order chi connectivity index (χ1) is 8.01. The Bertz CT molecular complexity index is 393. The van der Waals surface area contributed by atoms with Crippen molar-refractivity contribution in [1.29, 1.82) is 0 Å². The van der Waals surface area contributed by atoms with E-state index in [1.54, 1.807) is 14.2 Å². The topological polar surface area (TPSA) is 50.4 Å². The molecule has 4 nitrogen and oxygen atoms in total. The summed E-state index contributed by atoms with van der Waals surface area (Å²) in [7, 11) is 3.33. The minimum Gasteiger partial charge on any atom is -0.496 e. The van der Waals surface area contributed by atoms with Gasteiger partial charge in [0.05, 0.1) is 13.0 Å². The van der Waals surface area contributed by atoms with Crippen LogP contribution in [0.1, 0.15) is 29.5 Å². The molecule has 0 saturated heterocycles. The van der Waals surface area contributed by atoms with E-state index in [0.29, 0.717) is 0 Å². The molecule has 0 bridgehead atoms. The van der Waals surface area contributed by atoms with Crippen LogP contribution in [0.3, 0.4) is 0 Å². The number of benzene rings is 1. The van der Waals surface area contributed by atoms with Gasteiger partial charge < -0.3 is 4.74 Å². The largest absolute Gasteiger partial charge is 0.496 e. The molecule has 4 heteroatoms. The van der Waals surface area contributed by atoms with E-state index < -0.39 is 0 Å². The molecule has 1 aromatic rings. The van der Waals surface area contributed by atoms with Crippen LogP contribution >= 0.6 is 0 Å². The Hall–Kier alpha value is -1.55. The molecule has 1 rings (SSSR count). The van der Waals surface area contributed by atoms with Crippen molar-refractivity contribution in [3.8, 4) is 5.75 Å². The highest BCUT2D eigenvalue weighted by Crippen LogP contribution is 2.27. The third kappa shape index (κ3) is 2.97. The summed E-state index contributed by atoms with van der Waals surface area (Å²) in [4.78, 5) is 11.7. The summed E-state index contributed by atoms with van der Waals surface area (Å²) in [5.74, 6) is 0.650. The third-order valence-corrected chi connectivity index (χ3v) is 2.83. The van der Waals surface area contributed by atoms with Gasteiger partial charge in [-0.2, -0.15) is 0 Å². The molecular formula is C13H20N2O2. The molecule has 1 atom stereocenters. The summed E-state index contributed by atoms with van der Waals surface area (Å²) in [6, 6.07) is 3.98. The summed E-state index contributed by atoms with van der Waals surface area (Å²) < 4.78 is 5.31. The molecule has 0 spiro atoms. The maximum Gasteiger partial charge on any atom is 0.241 e. The summed E-state index contributed by atoms with van der Waals surface area (Å²) in [6.07, 6.45) is 0. The monoisotopic (exact) mass is 236 g/mol. The fourth-order valence-corrected chi connectivity index (χ4v) is 1.94. The Morgan fingerprint density at radius 1 is 1.29 bits per heavy atom. The smallest absolute Gasteiger partial charge is 0.241 e. The molecule has 0 saturated carbocycles. The maximum absolute atomic E-state index is 11.7. The van der Waals surface area contributed by atoms with Crippen LogP contribution in [0.15, 0.2) is 12.1 Å². The van der Waals surface area contributed by atoms with Crippen LogP contribution in [-0.4, -0.2) is 20.1 Å². The quantitative estimate of drug-likeness (QED) is 0.782. The zero-order valence-corrected chi connectivity index (χ0v) is 11.0. The highest BCUT2D eigenvalue weighted by Gasteiger charge is 2.16. The first-order valence-electron chi connectivity index (χ1n) is 5.63. The Labute approximate surface area is 102 Å². The SMILES string of the molecule is CNNC(=O)C(C)c1cc(C)c(OC)c(C)c1. The van der Waals surface area contributed by atoms with E-state index >= 15 is 0 Å². The van der Waals surface area contributed by atoms with Gasteiger partial charge in [0.1, 0.15) is 5.75 Å². The van der Waals surface area contributed by atoms with Crippen molar-refractivity contribution in [1.82, 2.24) is 10.9 Å². The molecule has 0 heterocycles. The minimum absolute atomic E-state index is 0.0449. The normalized spacial score (nSPS) is 12.1. The van der Waals surface area contributed by atoms with Crippen molar-refractivity contribution >= 4 is 5.91 Å². The third-order valence-electron chi connectivity index (χ3n) is 2.83. The zero-order chi connectivity index (χ0) is 13.0. The standard InChI is InChI=1S/C13H20N2O2/c1-8-6-11(7-9(2)12(8)17-5)10(3)13(16)15-14-4/h6-7,10,14H,1-5H3,(H,15,16). The fraction of sp³-hybridized carbons (Fsp3) is 0.462. The second-order valence-electron chi connectivity index (χ2n) is 4.15. The van der Waals surface area contributed by atoms with Gasteiger partial charge in [0.15, 0.2) is 0 Å². The number of carbonyl (C=O) groups excluding carboxylic acids is 1. The van der Waals surface area contributed by atoms with E-state index in [-0.39, 0.29) is 11.8 Å². The van der Waals surface area contributed by atoms with E-state index in [1.807, 2.05) is 32.9 Å². The molecule has 0 aliphatic carbocycles. The Morgan fingerprint density at radius 2 is 1.82 bits per heavy atom. The van der Waals surface area contributed by atoms with Crippen LogP contribution < -0.4 is 15.6 Å². The average Bonchev–Trinajstić information content (AvgIpc) is 2.27. The highest BCUT2D eigenvalue weighted by molar-refractivity contribution is 5.83. The lowest BCUT2D eigenvalue weighted by Gasteiger charge is -2.16. The molecule has 1 unspecified atom stereocenters. The number of aryl methyl sites for hydroxylation is 2. The maximum atomic E-state index is 11.7. The van der Waals surface area contributed by atoms with Crippen molar-refractivity contribution in [2.45, 2.75) is 26.7 Å². The van der Waals surface area contributed by atoms with E-state index in [0.717, 1.165) is 22.4 Å². The zero-order valence-electron chi connectivity index (χ0n) is 11.0. The van der Waals surface area contributed by atoms with Crippen molar-refractivity contribution < 1.29 is 9.53 Å². The van der Waals surface area contributed by atoms with Crippen LogP contribution in [0.4, 0.5) is 0 Å². The number of carbonyl (C=O) groups is 1. The molecule has 1 amide bonds. The number of amides is 1. The van der Waals surface area contributed by atoms with Gasteiger partial charge in [0.2, 0.25) is 5.91 Å². The number of rotatable bonds is 4. The number of methoxy groups -OCH3 is 1. The lowest BCUT2D eigenvalue weighted by Crippen LogP contribution is -2.37. The van der Waals surface area contributed by atoms with Crippen molar-refractivity contribution in [2.75, 3.05) is 14.2 Å². The molecule has 0 aliphatic heterocycles. The Morgan fingerprint density at radius 3 is 2.24 bits per heavy atom. The van der Waals surface area contributed by atoms with Crippen molar-refractivity contribution in [3.05, 3.63) is 28.8 Å². The molecule has 1 aromatic carbocycles. The van der Waals surface area contributed by atoms with Crippen LogP contribution in [0, 0.1) is 13.8 Å². The van der Waals surface area contributed by atoms with E-state index in [9.17, 15) is 4.79 Å². The second-order valence-corrected chi connectivity index (χ2v) is 4.15. The van der Waals surface area contributed by atoms with E-state index in [1.165, 1.54) is 0 Å². The molecule has 17 heavy (non-hydrogen) atoms. The van der Waals surface area contributed by atoms with Crippen LogP contribution in [0.2, 0.25) is 0 Å². The van der Waals surface area contributed by atoms with Crippen LogP contribution in [-0.2, 0) is 4.79 Å². The Kier molecular flexibility index (Phi) is 4.52. The van der Waals surface area contributed by atoms with Gasteiger partial charge >= 0.3 is 0 Å². The van der Waals surface area contributed by atoms with Crippen molar-refractivity contribution in [2.24, 2.45) is 0 Å². The summed E-state index contributed by atoms with van der Waals surface area (Å²) in [5, 5.41) is 0. The van der Waals surface area contributed by atoms with Crippen LogP contribution in [0.5, 0.6) is 5.75 Å². The molecule has 0 aromatic heterocycles. The van der Waals surface area contributed by atoms with E-state index in [4.69, 9.17) is 4.74 Å². The number of hydrogen-bond acceptors (Lipinski definition) is 3. The van der Waals surface area contributed by atoms with Gasteiger partial charge in [-0.15, -0.1) is 0 Å². The fourth-order valence-electron chi connectivity index (χ4n) is 1.94. The number of hydrogen-bond donors (Lipinski definition) is 2. The predicted octanol–water partition coefficient (Wildman–Crippen LogP) is 1.67. The average molecular weight is 236 g/mol.